The molecule has 0 spiro atoms. The van der Waals surface area contributed by atoms with E-state index in [9.17, 15) is 17.6 Å². The van der Waals surface area contributed by atoms with E-state index >= 15 is 0 Å². The molecule has 0 radical (unpaired) electrons. The number of rotatable bonds is 3. The van der Waals surface area contributed by atoms with Gasteiger partial charge in [-0.25, -0.2) is 4.39 Å². The molecule has 1 heterocycles. The molecule has 3 aromatic rings. The van der Waals surface area contributed by atoms with E-state index in [0.717, 1.165) is 34.7 Å². The molecular formula is C19H14FN3O3S2. The first-order chi connectivity index (χ1) is 13.4. The van der Waals surface area contributed by atoms with E-state index in [2.05, 4.69) is 15.0 Å². The van der Waals surface area contributed by atoms with Crippen molar-refractivity contribution in [3.8, 4) is 0 Å². The van der Waals surface area contributed by atoms with Crippen LogP contribution in [0, 0.1) is 5.82 Å². The lowest BCUT2D eigenvalue weighted by molar-refractivity contribution is -0.113. The SMILES string of the molecule is O=C(CSC1=NS(=O)(=O)c2cc(F)ccc2N1)Nc1cccc2ccccc12. The maximum atomic E-state index is 13.3. The maximum absolute atomic E-state index is 13.3. The van der Waals surface area contributed by atoms with Gasteiger partial charge >= 0.3 is 0 Å². The van der Waals surface area contributed by atoms with Crippen LogP contribution in [-0.2, 0) is 14.8 Å². The van der Waals surface area contributed by atoms with Crippen LogP contribution in [0.3, 0.4) is 0 Å². The van der Waals surface area contributed by atoms with E-state index in [-0.39, 0.29) is 27.4 Å². The highest BCUT2D eigenvalue weighted by atomic mass is 32.2. The molecule has 3 aromatic carbocycles. The number of nitrogens with one attached hydrogen (secondary N) is 2. The van der Waals surface area contributed by atoms with Crippen molar-refractivity contribution in [2.75, 3.05) is 16.4 Å². The van der Waals surface area contributed by atoms with Crippen LogP contribution in [0.15, 0.2) is 70.0 Å². The summed E-state index contributed by atoms with van der Waals surface area (Å²) in [7, 11) is -4.02. The van der Waals surface area contributed by atoms with Crippen LogP contribution in [-0.4, -0.2) is 25.2 Å². The molecule has 0 aromatic heterocycles. The lowest BCUT2D eigenvalue weighted by Crippen LogP contribution is -2.22. The lowest BCUT2D eigenvalue weighted by atomic mass is 10.1. The second-order valence-corrected chi connectivity index (χ2v) is 8.54. The Morgan fingerprint density at radius 2 is 1.89 bits per heavy atom. The van der Waals surface area contributed by atoms with Crippen molar-refractivity contribution >= 4 is 55.0 Å². The average Bonchev–Trinajstić information content (AvgIpc) is 2.67. The van der Waals surface area contributed by atoms with Crippen molar-refractivity contribution in [2.24, 2.45) is 4.40 Å². The lowest BCUT2D eigenvalue weighted by Gasteiger charge is -2.17. The van der Waals surface area contributed by atoms with Gasteiger partial charge in [-0.3, -0.25) is 4.79 Å². The van der Waals surface area contributed by atoms with Gasteiger partial charge in [0.15, 0.2) is 5.17 Å². The highest BCUT2D eigenvalue weighted by molar-refractivity contribution is 8.15. The average molecular weight is 415 g/mol. The van der Waals surface area contributed by atoms with Gasteiger partial charge in [0.05, 0.1) is 11.4 Å². The Morgan fingerprint density at radius 3 is 2.75 bits per heavy atom. The van der Waals surface area contributed by atoms with Gasteiger partial charge in [0.1, 0.15) is 10.7 Å². The van der Waals surface area contributed by atoms with Gasteiger partial charge in [-0.1, -0.05) is 48.2 Å². The minimum atomic E-state index is -4.02. The van der Waals surface area contributed by atoms with Crippen molar-refractivity contribution in [3.05, 3.63) is 66.5 Å². The number of sulfonamides is 1. The number of amides is 1. The van der Waals surface area contributed by atoms with E-state index in [4.69, 9.17) is 0 Å². The molecule has 0 saturated carbocycles. The van der Waals surface area contributed by atoms with Crippen LogP contribution < -0.4 is 10.6 Å². The third kappa shape index (κ3) is 3.71. The quantitative estimate of drug-likeness (QED) is 0.679. The van der Waals surface area contributed by atoms with Crippen molar-refractivity contribution in [1.82, 2.24) is 0 Å². The molecule has 2 N–H and O–H groups in total. The number of hydrogen-bond donors (Lipinski definition) is 2. The first-order valence-electron chi connectivity index (χ1n) is 8.24. The smallest absolute Gasteiger partial charge is 0.286 e. The van der Waals surface area contributed by atoms with E-state index in [1.807, 2.05) is 36.4 Å². The number of benzene rings is 3. The summed E-state index contributed by atoms with van der Waals surface area (Å²) in [5.74, 6) is -1.00. The summed E-state index contributed by atoms with van der Waals surface area (Å²) in [6, 6.07) is 16.7. The first-order valence-corrected chi connectivity index (χ1v) is 10.7. The largest absolute Gasteiger partial charge is 0.333 e. The predicted molar refractivity (Wildman–Crippen MR) is 110 cm³/mol. The fourth-order valence-electron chi connectivity index (χ4n) is 2.83. The number of halogens is 1. The topological polar surface area (TPSA) is 87.6 Å². The third-order valence-corrected chi connectivity index (χ3v) is 6.38. The minimum Gasteiger partial charge on any atom is -0.333 e. The fourth-order valence-corrected chi connectivity index (χ4v) is 4.87. The molecular weight excluding hydrogens is 401 g/mol. The van der Waals surface area contributed by atoms with Crippen LogP contribution in [0.5, 0.6) is 0 Å². The van der Waals surface area contributed by atoms with E-state index < -0.39 is 15.8 Å². The van der Waals surface area contributed by atoms with Crippen molar-refractivity contribution in [2.45, 2.75) is 4.90 Å². The normalized spacial score (nSPS) is 14.7. The Bertz CT molecular complexity index is 1220. The fraction of sp³-hybridized carbons (Fsp3) is 0.0526. The van der Waals surface area contributed by atoms with Gasteiger partial charge in [-0.05, 0) is 29.7 Å². The summed E-state index contributed by atoms with van der Waals surface area (Å²) in [6.07, 6.45) is 0. The summed E-state index contributed by atoms with van der Waals surface area (Å²) >= 11 is 0.954. The van der Waals surface area contributed by atoms with Crippen molar-refractivity contribution in [3.63, 3.8) is 0 Å². The molecule has 1 amide bonds. The van der Waals surface area contributed by atoms with Crippen molar-refractivity contribution in [1.29, 1.82) is 0 Å². The Kier molecular flexibility index (Phi) is 4.78. The summed E-state index contributed by atoms with van der Waals surface area (Å²) in [5, 5.41) is 7.62. The molecule has 1 aliphatic rings. The number of amidine groups is 1. The highest BCUT2D eigenvalue weighted by Gasteiger charge is 2.26. The predicted octanol–water partition coefficient (Wildman–Crippen LogP) is 3.82. The number of carbonyl (C=O) groups excluding carboxylic acids is 1. The van der Waals surface area contributed by atoms with Gasteiger partial charge in [0, 0.05) is 11.1 Å². The maximum Gasteiger partial charge on any atom is 0.286 e. The van der Waals surface area contributed by atoms with Crippen LogP contribution >= 0.6 is 11.8 Å². The summed E-state index contributed by atoms with van der Waals surface area (Å²) in [6.45, 7) is 0. The standard InChI is InChI=1S/C19H14FN3O3S2/c20-13-8-9-16-17(10-13)28(25,26)23-19(22-16)27-11-18(24)21-15-7-3-5-12-4-1-2-6-14(12)15/h1-10H,11H2,(H,21,24)(H,22,23). The molecule has 4 rings (SSSR count). The van der Waals surface area contributed by atoms with Crippen molar-refractivity contribution < 1.29 is 17.6 Å². The van der Waals surface area contributed by atoms with Gasteiger partial charge < -0.3 is 10.6 Å². The summed E-state index contributed by atoms with van der Waals surface area (Å²) in [4.78, 5) is 12.1. The number of thioether (sulfide) groups is 1. The Hall–Kier alpha value is -2.91. The summed E-state index contributed by atoms with van der Waals surface area (Å²) < 4.78 is 41.3. The van der Waals surface area contributed by atoms with Gasteiger partial charge in [0.25, 0.3) is 10.0 Å². The zero-order valence-electron chi connectivity index (χ0n) is 14.3. The molecule has 0 aliphatic carbocycles. The number of carbonyl (C=O) groups is 1. The van der Waals surface area contributed by atoms with Crippen LogP contribution in [0.1, 0.15) is 0 Å². The van der Waals surface area contributed by atoms with Gasteiger partial charge in [0.2, 0.25) is 5.91 Å². The number of anilines is 2. The molecule has 0 atom stereocenters. The molecule has 0 bridgehead atoms. The molecule has 6 nitrogen and oxygen atoms in total. The number of fused-ring (bicyclic) bond motifs is 2. The highest BCUT2D eigenvalue weighted by Crippen LogP contribution is 2.30. The first kappa shape index (κ1) is 18.5. The van der Waals surface area contributed by atoms with Crippen LogP contribution in [0.25, 0.3) is 10.8 Å². The van der Waals surface area contributed by atoms with E-state index in [1.165, 1.54) is 6.07 Å². The monoisotopic (exact) mass is 415 g/mol. The van der Waals surface area contributed by atoms with E-state index in [0.29, 0.717) is 5.69 Å². The molecule has 1 aliphatic heterocycles. The number of nitrogens with zero attached hydrogens (tertiary/aromatic N) is 1. The Morgan fingerprint density at radius 1 is 1.11 bits per heavy atom. The van der Waals surface area contributed by atoms with Gasteiger partial charge in [-0.2, -0.15) is 8.42 Å². The van der Waals surface area contributed by atoms with Crippen LogP contribution in [0.2, 0.25) is 0 Å². The third-order valence-electron chi connectivity index (χ3n) is 4.07. The minimum absolute atomic E-state index is 0.0406. The zero-order valence-corrected chi connectivity index (χ0v) is 16.0. The Balaban J connectivity index is 1.47. The van der Waals surface area contributed by atoms with Crippen LogP contribution in [0.4, 0.5) is 15.8 Å². The zero-order chi connectivity index (χ0) is 19.7. The van der Waals surface area contributed by atoms with Gasteiger partial charge in [-0.15, -0.1) is 4.40 Å². The molecule has 0 unspecified atom stereocenters. The molecule has 0 saturated heterocycles. The summed E-state index contributed by atoms with van der Waals surface area (Å²) in [5.41, 5.74) is 0.907. The second-order valence-electron chi connectivity index (χ2n) is 6.00. The second kappa shape index (κ2) is 7.25. The molecule has 9 heteroatoms. The molecule has 142 valence electrons. The molecule has 0 fully saturated rings. The van der Waals surface area contributed by atoms with E-state index in [1.54, 1.807) is 6.07 Å². The Labute approximate surface area is 164 Å². The number of hydrogen-bond acceptors (Lipinski definition) is 5. The molecule has 28 heavy (non-hydrogen) atoms.